The molecule has 0 bridgehead atoms. The third kappa shape index (κ3) is 4.81. The number of amides is 1. The normalized spacial score (nSPS) is 14.4. The Hall–Kier alpha value is -2.52. The lowest BCUT2D eigenvalue weighted by atomic mass is 10.0. The predicted octanol–water partition coefficient (Wildman–Crippen LogP) is 0.993. The van der Waals surface area contributed by atoms with Gasteiger partial charge in [0, 0.05) is 32.0 Å². The van der Waals surface area contributed by atoms with Gasteiger partial charge in [-0.25, -0.2) is 13.4 Å². The first-order valence-electron chi connectivity index (χ1n) is 8.67. The summed E-state index contributed by atoms with van der Waals surface area (Å²) in [5.41, 5.74) is 2.34. The Balaban J connectivity index is 1.51. The van der Waals surface area contributed by atoms with Gasteiger partial charge in [-0.1, -0.05) is 6.07 Å². The summed E-state index contributed by atoms with van der Waals surface area (Å²) in [5.74, 6) is 0.407. The number of aromatic nitrogens is 2. The summed E-state index contributed by atoms with van der Waals surface area (Å²) in [7, 11) is -1.77. The molecule has 2 heterocycles. The van der Waals surface area contributed by atoms with Gasteiger partial charge in [-0.3, -0.25) is 9.78 Å². The molecule has 0 saturated heterocycles. The molecule has 1 N–H and O–H groups in total. The highest BCUT2D eigenvalue weighted by molar-refractivity contribution is 7.89. The molecular formula is C18H22N4O4S. The van der Waals surface area contributed by atoms with Gasteiger partial charge in [0.25, 0.3) is 5.91 Å². The molecule has 3 rings (SSSR count). The third-order valence-electron chi connectivity index (χ3n) is 4.44. The van der Waals surface area contributed by atoms with Gasteiger partial charge in [0.15, 0.2) is 0 Å². The fourth-order valence-corrected chi connectivity index (χ4v) is 4.43. The maximum Gasteiger partial charge on any atom is 0.271 e. The van der Waals surface area contributed by atoms with E-state index in [1.54, 1.807) is 7.11 Å². The number of sulfonamides is 1. The van der Waals surface area contributed by atoms with Crippen molar-refractivity contribution in [3.63, 3.8) is 0 Å². The van der Waals surface area contributed by atoms with Crippen LogP contribution >= 0.6 is 0 Å². The topological polar surface area (TPSA) is 101 Å². The minimum Gasteiger partial charge on any atom is -0.497 e. The van der Waals surface area contributed by atoms with E-state index in [2.05, 4.69) is 15.3 Å². The Labute approximate surface area is 158 Å². The summed E-state index contributed by atoms with van der Waals surface area (Å²) in [4.78, 5) is 19.6. The maximum atomic E-state index is 12.6. The van der Waals surface area contributed by atoms with E-state index in [1.165, 1.54) is 22.9 Å². The van der Waals surface area contributed by atoms with Crippen LogP contribution < -0.4 is 10.1 Å². The van der Waals surface area contributed by atoms with Crippen LogP contribution in [0.15, 0.2) is 36.8 Å². The number of ether oxygens (including phenoxy) is 1. The number of rotatable bonds is 7. The van der Waals surface area contributed by atoms with Crippen molar-refractivity contribution in [2.24, 2.45) is 0 Å². The SMILES string of the molecule is COc1ccc2c(c1)CCN(S(=O)(=O)CCCNC(=O)c1cnccn1)C2. The van der Waals surface area contributed by atoms with E-state index in [1.807, 2.05) is 18.2 Å². The number of hydrogen-bond acceptors (Lipinski definition) is 6. The Morgan fingerprint density at radius 2 is 2.15 bits per heavy atom. The fourth-order valence-electron chi connectivity index (χ4n) is 2.96. The lowest BCUT2D eigenvalue weighted by Gasteiger charge is -2.28. The highest BCUT2D eigenvalue weighted by Gasteiger charge is 2.26. The fraction of sp³-hybridized carbons (Fsp3) is 0.389. The van der Waals surface area contributed by atoms with E-state index >= 15 is 0 Å². The van der Waals surface area contributed by atoms with E-state index in [9.17, 15) is 13.2 Å². The third-order valence-corrected chi connectivity index (χ3v) is 6.35. The lowest BCUT2D eigenvalue weighted by Crippen LogP contribution is -2.38. The zero-order valence-corrected chi connectivity index (χ0v) is 15.9. The van der Waals surface area contributed by atoms with Crippen molar-refractivity contribution < 1.29 is 17.9 Å². The summed E-state index contributed by atoms with van der Waals surface area (Å²) < 4.78 is 31.9. The molecule has 0 unspecified atom stereocenters. The van der Waals surface area contributed by atoms with Crippen molar-refractivity contribution in [3.8, 4) is 5.75 Å². The van der Waals surface area contributed by atoms with Crippen LogP contribution in [0.3, 0.4) is 0 Å². The number of fused-ring (bicyclic) bond motifs is 1. The average molecular weight is 390 g/mol. The first kappa shape index (κ1) is 19.2. The summed E-state index contributed by atoms with van der Waals surface area (Å²) in [5, 5.41) is 2.66. The van der Waals surface area contributed by atoms with Crippen molar-refractivity contribution in [3.05, 3.63) is 53.6 Å². The van der Waals surface area contributed by atoms with Gasteiger partial charge in [-0.15, -0.1) is 0 Å². The second kappa shape index (κ2) is 8.45. The monoisotopic (exact) mass is 390 g/mol. The van der Waals surface area contributed by atoms with Crippen molar-refractivity contribution in [2.45, 2.75) is 19.4 Å². The van der Waals surface area contributed by atoms with Crippen molar-refractivity contribution in [1.29, 1.82) is 0 Å². The van der Waals surface area contributed by atoms with E-state index in [0.29, 0.717) is 25.9 Å². The molecular weight excluding hydrogens is 368 g/mol. The van der Waals surface area contributed by atoms with E-state index in [0.717, 1.165) is 16.9 Å². The average Bonchev–Trinajstić information content (AvgIpc) is 2.70. The Morgan fingerprint density at radius 1 is 1.30 bits per heavy atom. The quantitative estimate of drug-likeness (QED) is 0.708. The van der Waals surface area contributed by atoms with Crippen LogP contribution in [0, 0.1) is 0 Å². The zero-order valence-electron chi connectivity index (χ0n) is 15.1. The second-order valence-corrected chi connectivity index (χ2v) is 8.32. The van der Waals surface area contributed by atoms with E-state index in [-0.39, 0.29) is 23.9 Å². The molecule has 1 aliphatic rings. The Bertz CT molecular complexity index is 903. The van der Waals surface area contributed by atoms with Gasteiger partial charge in [-0.05, 0) is 36.1 Å². The number of methoxy groups -OCH3 is 1. The standard InChI is InChI=1S/C18H22N4O4S/c1-26-16-4-3-15-13-22(9-5-14(15)11-16)27(24,25)10-2-6-21-18(23)17-12-19-7-8-20-17/h3-4,7-8,11-12H,2,5-6,9-10,13H2,1H3,(H,21,23). The predicted molar refractivity (Wildman–Crippen MR) is 99.9 cm³/mol. The van der Waals surface area contributed by atoms with Crippen molar-refractivity contribution in [1.82, 2.24) is 19.6 Å². The molecule has 27 heavy (non-hydrogen) atoms. The Kier molecular flexibility index (Phi) is 6.02. The van der Waals surface area contributed by atoms with Crippen LogP contribution in [0.25, 0.3) is 0 Å². The van der Waals surface area contributed by atoms with Gasteiger partial charge in [0.05, 0.1) is 19.1 Å². The highest BCUT2D eigenvalue weighted by atomic mass is 32.2. The van der Waals surface area contributed by atoms with Crippen molar-refractivity contribution >= 4 is 15.9 Å². The smallest absolute Gasteiger partial charge is 0.271 e. The largest absolute Gasteiger partial charge is 0.497 e. The van der Waals surface area contributed by atoms with Crippen LogP contribution in [0.2, 0.25) is 0 Å². The summed E-state index contributed by atoms with van der Waals surface area (Å²) in [6.45, 7) is 1.08. The minimum absolute atomic E-state index is 0.0146. The Morgan fingerprint density at radius 3 is 2.89 bits per heavy atom. The van der Waals surface area contributed by atoms with Gasteiger partial charge in [-0.2, -0.15) is 4.31 Å². The van der Waals surface area contributed by atoms with Crippen LogP contribution in [-0.2, 0) is 23.0 Å². The van der Waals surface area contributed by atoms with E-state index in [4.69, 9.17) is 4.74 Å². The molecule has 0 fully saturated rings. The molecule has 0 aliphatic carbocycles. The van der Waals surface area contributed by atoms with Crippen LogP contribution in [0.5, 0.6) is 5.75 Å². The van der Waals surface area contributed by atoms with Crippen LogP contribution in [0.1, 0.15) is 28.0 Å². The zero-order chi connectivity index (χ0) is 19.3. The molecule has 1 amide bonds. The molecule has 1 aromatic heterocycles. The first-order valence-corrected chi connectivity index (χ1v) is 10.3. The lowest BCUT2D eigenvalue weighted by molar-refractivity contribution is 0.0948. The molecule has 8 nitrogen and oxygen atoms in total. The molecule has 0 spiro atoms. The number of nitrogens with one attached hydrogen (secondary N) is 1. The number of carbonyl (C=O) groups excluding carboxylic acids is 1. The van der Waals surface area contributed by atoms with Gasteiger partial charge >= 0.3 is 0 Å². The molecule has 0 saturated carbocycles. The van der Waals surface area contributed by atoms with E-state index < -0.39 is 10.0 Å². The van der Waals surface area contributed by atoms with Crippen LogP contribution in [-0.4, -0.2) is 54.6 Å². The molecule has 2 aromatic rings. The minimum atomic E-state index is -3.38. The molecule has 0 radical (unpaired) electrons. The number of carbonyl (C=O) groups is 1. The molecule has 1 aromatic carbocycles. The first-order chi connectivity index (χ1) is 13.0. The maximum absolute atomic E-state index is 12.6. The molecule has 9 heteroatoms. The molecule has 1 aliphatic heterocycles. The summed E-state index contributed by atoms with van der Waals surface area (Å²) in [6.07, 6.45) is 5.28. The second-order valence-electron chi connectivity index (χ2n) is 6.23. The molecule has 144 valence electrons. The number of hydrogen-bond donors (Lipinski definition) is 1. The number of benzene rings is 1. The highest BCUT2D eigenvalue weighted by Crippen LogP contribution is 2.25. The summed E-state index contributed by atoms with van der Waals surface area (Å²) in [6, 6.07) is 5.72. The van der Waals surface area contributed by atoms with Gasteiger partial charge in [0.2, 0.25) is 10.0 Å². The van der Waals surface area contributed by atoms with Gasteiger partial charge < -0.3 is 10.1 Å². The van der Waals surface area contributed by atoms with Crippen LogP contribution in [0.4, 0.5) is 0 Å². The number of nitrogens with zero attached hydrogens (tertiary/aromatic N) is 3. The summed E-state index contributed by atoms with van der Waals surface area (Å²) >= 11 is 0. The van der Waals surface area contributed by atoms with Crippen molar-refractivity contribution in [2.75, 3.05) is 26.0 Å². The van der Waals surface area contributed by atoms with Gasteiger partial charge in [0.1, 0.15) is 11.4 Å². The molecule has 0 atom stereocenters.